The standard InChI is InChI=1S/C10H20IN/c1-4-5-8-12(11)9-6-7-10(2)3/h2,4-9H2,1,3H3. The van der Waals surface area contributed by atoms with E-state index in [1.807, 2.05) is 0 Å². The van der Waals surface area contributed by atoms with Crippen molar-refractivity contribution in [3.8, 4) is 0 Å². The second-order valence-corrected chi connectivity index (χ2v) is 4.69. The summed E-state index contributed by atoms with van der Waals surface area (Å²) in [6.07, 6.45) is 5.03. The topological polar surface area (TPSA) is 3.24 Å². The Kier molecular flexibility index (Phi) is 8.34. The summed E-state index contributed by atoms with van der Waals surface area (Å²) in [5.41, 5.74) is 1.30. The van der Waals surface area contributed by atoms with Gasteiger partial charge in [-0.05, 0) is 26.2 Å². The molecule has 72 valence electrons. The van der Waals surface area contributed by atoms with Crippen LogP contribution in [0, 0.1) is 0 Å². The molecule has 0 aliphatic rings. The van der Waals surface area contributed by atoms with Gasteiger partial charge in [0.15, 0.2) is 0 Å². The van der Waals surface area contributed by atoms with Crippen LogP contribution in [0.3, 0.4) is 0 Å². The van der Waals surface area contributed by atoms with Crippen LogP contribution in [0.15, 0.2) is 12.2 Å². The van der Waals surface area contributed by atoms with Crippen LogP contribution in [-0.4, -0.2) is 16.2 Å². The summed E-state index contributed by atoms with van der Waals surface area (Å²) >= 11 is 2.42. The maximum atomic E-state index is 3.89. The summed E-state index contributed by atoms with van der Waals surface area (Å²) in [5.74, 6) is 0. The number of allylic oxidation sites excluding steroid dienone is 1. The van der Waals surface area contributed by atoms with Crippen molar-refractivity contribution in [1.29, 1.82) is 0 Å². The minimum Gasteiger partial charge on any atom is -0.248 e. The van der Waals surface area contributed by atoms with Gasteiger partial charge in [-0.25, -0.2) is 3.11 Å². The molecule has 12 heavy (non-hydrogen) atoms. The highest BCUT2D eigenvalue weighted by Crippen LogP contribution is 2.07. The van der Waals surface area contributed by atoms with Crippen molar-refractivity contribution in [2.45, 2.75) is 39.5 Å². The third-order valence-corrected chi connectivity index (χ3v) is 2.72. The van der Waals surface area contributed by atoms with Crippen LogP contribution >= 0.6 is 22.9 Å². The molecule has 0 aromatic rings. The second kappa shape index (κ2) is 8.05. The lowest BCUT2D eigenvalue weighted by Crippen LogP contribution is -2.13. The minimum atomic E-state index is 1.17. The first-order chi connectivity index (χ1) is 5.66. The molecule has 0 fully saturated rings. The Hall–Kier alpha value is 0.430. The summed E-state index contributed by atoms with van der Waals surface area (Å²) in [6.45, 7) is 10.7. The van der Waals surface area contributed by atoms with E-state index in [0.29, 0.717) is 0 Å². The number of halogens is 1. The lowest BCUT2D eigenvalue weighted by molar-refractivity contribution is 0.479. The smallest absolute Gasteiger partial charge is 0.0201 e. The van der Waals surface area contributed by atoms with Crippen LogP contribution in [0.4, 0.5) is 0 Å². The number of hydrogen-bond donors (Lipinski definition) is 0. The molecule has 0 atom stereocenters. The Labute approximate surface area is 90.7 Å². The summed E-state index contributed by atoms with van der Waals surface area (Å²) in [5, 5.41) is 0. The van der Waals surface area contributed by atoms with E-state index in [0.717, 1.165) is 0 Å². The zero-order valence-corrected chi connectivity index (χ0v) is 10.4. The van der Waals surface area contributed by atoms with E-state index in [2.05, 4.69) is 46.4 Å². The van der Waals surface area contributed by atoms with Gasteiger partial charge in [-0.15, -0.1) is 6.58 Å². The minimum absolute atomic E-state index is 1.17. The fourth-order valence-corrected chi connectivity index (χ4v) is 1.68. The zero-order valence-electron chi connectivity index (χ0n) is 8.27. The van der Waals surface area contributed by atoms with Gasteiger partial charge in [-0.3, -0.25) is 0 Å². The molecular formula is C10H20IN. The van der Waals surface area contributed by atoms with Crippen LogP contribution in [0.1, 0.15) is 39.5 Å². The molecule has 0 spiro atoms. The van der Waals surface area contributed by atoms with Crippen molar-refractivity contribution >= 4 is 22.9 Å². The number of nitrogens with zero attached hydrogens (tertiary/aromatic N) is 1. The molecule has 0 heterocycles. The van der Waals surface area contributed by atoms with Crippen LogP contribution in [0.25, 0.3) is 0 Å². The molecule has 2 heteroatoms. The first-order valence-corrected chi connectivity index (χ1v) is 5.68. The van der Waals surface area contributed by atoms with Gasteiger partial charge in [0.1, 0.15) is 0 Å². The van der Waals surface area contributed by atoms with Gasteiger partial charge in [0.2, 0.25) is 0 Å². The average Bonchev–Trinajstić information content (AvgIpc) is 2.00. The molecular weight excluding hydrogens is 261 g/mol. The molecule has 0 saturated carbocycles. The average molecular weight is 281 g/mol. The fraction of sp³-hybridized carbons (Fsp3) is 0.800. The quantitative estimate of drug-likeness (QED) is 0.390. The zero-order chi connectivity index (χ0) is 9.40. The Balaban J connectivity index is 3.19. The molecule has 0 N–H and O–H groups in total. The predicted octanol–water partition coefficient (Wildman–Crippen LogP) is 3.79. The molecule has 0 amide bonds. The van der Waals surface area contributed by atoms with Crippen LogP contribution < -0.4 is 0 Å². The van der Waals surface area contributed by atoms with Gasteiger partial charge in [0.25, 0.3) is 0 Å². The summed E-state index contributed by atoms with van der Waals surface area (Å²) < 4.78 is 2.38. The number of hydrogen-bond acceptors (Lipinski definition) is 1. The molecule has 0 unspecified atom stereocenters. The molecule has 0 aromatic heterocycles. The predicted molar refractivity (Wildman–Crippen MR) is 64.5 cm³/mol. The van der Waals surface area contributed by atoms with Crippen LogP contribution in [0.5, 0.6) is 0 Å². The summed E-state index contributed by atoms with van der Waals surface area (Å²) in [7, 11) is 0. The first-order valence-electron chi connectivity index (χ1n) is 4.72. The lowest BCUT2D eigenvalue weighted by atomic mass is 10.2. The molecule has 0 radical (unpaired) electrons. The Bertz CT molecular complexity index is 123. The van der Waals surface area contributed by atoms with Crippen molar-refractivity contribution in [1.82, 2.24) is 3.11 Å². The van der Waals surface area contributed by atoms with E-state index in [1.165, 1.54) is 44.3 Å². The van der Waals surface area contributed by atoms with E-state index in [1.54, 1.807) is 0 Å². The van der Waals surface area contributed by atoms with Gasteiger partial charge >= 0.3 is 0 Å². The fourth-order valence-electron chi connectivity index (χ4n) is 0.994. The van der Waals surface area contributed by atoms with Crippen molar-refractivity contribution in [3.05, 3.63) is 12.2 Å². The lowest BCUT2D eigenvalue weighted by Gasteiger charge is -2.12. The van der Waals surface area contributed by atoms with E-state index in [-0.39, 0.29) is 0 Å². The SMILES string of the molecule is C=C(C)CCCN(I)CCCC. The van der Waals surface area contributed by atoms with Crippen LogP contribution in [-0.2, 0) is 0 Å². The van der Waals surface area contributed by atoms with E-state index < -0.39 is 0 Å². The molecule has 0 aliphatic heterocycles. The third-order valence-electron chi connectivity index (χ3n) is 1.76. The summed E-state index contributed by atoms with van der Waals surface area (Å²) in [6, 6.07) is 0. The Morgan fingerprint density at radius 1 is 1.33 bits per heavy atom. The van der Waals surface area contributed by atoms with Crippen molar-refractivity contribution in [3.63, 3.8) is 0 Å². The summed E-state index contributed by atoms with van der Waals surface area (Å²) in [4.78, 5) is 0. The highest BCUT2D eigenvalue weighted by Gasteiger charge is 1.98. The van der Waals surface area contributed by atoms with Gasteiger partial charge in [0.05, 0.1) is 0 Å². The van der Waals surface area contributed by atoms with Crippen LogP contribution in [0.2, 0.25) is 0 Å². The van der Waals surface area contributed by atoms with Crippen molar-refractivity contribution in [2.24, 2.45) is 0 Å². The highest BCUT2D eigenvalue weighted by molar-refractivity contribution is 14.1. The molecule has 0 saturated heterocycles. The van der Waals surface area contributed by atoms with Gasteiger partial charge < -0.3 is 0 Å². The monoisotopic (exact) mass is 281 g/mol. The van der Waals surface area contributed by atoms with Gasteiger partial charge in [-0.2, -0.15) is 0 Å². The Morgan fingerprint density at radius 3 is 2.42 bits per heavy atom. The van der Waals surface area contributed by atoms with Gasteiger partial charge in [-0.1, -0.05) is 18.9 Å². The number of unbranched alkanes of at least 4 members (excludes halogenated alkanes) is 1. The second-order valence-electron chi connectivity index (χ2n) is 3.32. The molecule has 0 bridgehead atoms. The molecule has 0 aromatic carbocycles. The van der Waals surface area contributed by atoms with E-state index >= 15 is 0 Å². The molecule has 1 nitrogen and oxygen atoms in total. The molecule has 0 aliphatic carbocycles. The van der Waals surface area contributed by atoms with Crippen molar-refractivity contribution < 1.29 is 0 Å². The molecule has 0 rings (SSSR count). The third kappa shape index (κ3) is 8.53. The highest BCUT2D eigenvalue weighted by atomic mass is 127. The van der Waals surface area contributed by atoms with E-state index in [9.17, 15) is 0 Å². The van der Waals surface area contributed by atoms with Crippen molar-refractivity contribution in [2.75, 3.05) is 13.1 Å². The van der Waals surface area contributed by atoms with E-state index in [4.69, 9.17) is 0 Å². The normalized spacial score (nSPS) is 10.7. The maximum Gasteiger partial charge on any atom is 0.0201 e. The largest absolute Gasteiger partial charge is 0.248 e. The van der Waals surface area contributed by atoms with Gasteiger partial charge in [0, 0.05) is 36.0 Å². The number of rotatable bonds is 7. The maximum absolute atomic E-state index is 3.89. The first kappa shape index (κ1) is 12.4. The Morgan fingerprint density at radius 2 is 1.92 bits per heavy atom.